The molecule has 2 N–H and O–H groups in total. The van der Waals surface area contributed by atoms with Crippen molar-refractivity contribution in [3.8, 4) is 0 Å². The fourth-order valence-electron chi connectivity index (χ4n) is 0.939. The Morgan fingerprint density at radius 2 is 2.50 bits per heavy atom. The number of aromatic amines is 1. The first kappa shape index (κ1) is 5.34. The molecule has 0 amide bonds. The van der Waals surface area contributed by atoms with Crippen molar-refractivity contribution in [2.24, 2.45) is 4.99 Å². The second-order valence-electron chi connectivity index (χ2n) is 2.20. The summed E-state index contributed by atoms with van der Waals surface area (Å²) in [6.45, 7) is 0. The summed E-state index contributed by atoms with van der Waals surface area (Å²) in [5.74, 6) is 0.788. The third kappa shape index (κ3) is 0.655. The van der Waals surface area contributed by atoms with Gasteiger partial charge in [0.05, 0.1) is 18.1 Å². The minimum atomic E-state index is 0.536. The fourth-order valence-corrected chi connectivity index (χ4v) is 0.939. The summed E-state index contributed by atoms with van der Waals surface area (Å²) in [7, 11) is 0. The quantitative estimate of drug-likeness (QED) is 0.538. The molecule has 10 heavy (non-hydrogen) atoms. The number of hydrogen-bond donors (Lipinski definition) is 2. The molecule has 50 valence electrons. The van der Waals surface area contributed by atoms with Crippen molar-refractivity contribution in [3.05, 3.63) is 11.8 Å². The molecule has 1 aliphatic heterocycles. The third-order valence-corrected chi connectivity index (χ3v) is 1.43. The van der Waals surface area contributed by atoms with Crippen LogP contribution in [0.5, 0.6) is 0 Å². The normalized spacial score (nSPS) is 15.4. The van der Waals surface area contributed by atoms with Crippen LogP contribution in [-0.4, -0.2) is 22.1 Å². The first-order valence-electron chi connectivity index (χ1n) is 3.00. The summed E-state index contributed by atoms with van der Waals surface area (Å²) < 4.78 is 0. The molecule has 4 nitrogen and oxygen atoms in total. The molecule has 0 aromatic carbocycles. The highest BCUT2D eigenvalue weighted by Gasteiger charge is 2.09. The molecule has 0 radical (unpaired) electrons. The molecular weight excluding hydrogens is 128 g/mol. The monoisotopic (exact) mass is 134 g/mol. The molecule has 0 spiro atoms. The highest BCUT2D eigenvalue weighted by molar-refractivity contribution is 6.31. The largest absolute Gasteiger partial charge is 0.303 e. The molecule has 0 unspecified atom stereocenters. The zero-order valence-corrected chi connectivity index (χ0v) is 5.26. The minimum absolute atomic E-state index is 0.536. The predicted molar refractivity (Wildman–Crippen MR) is 38.2 cm³/mol. The first-order chi connectivity index (χ1) is 4.86. The maximum absolute atomic E-state index is 7.27. The number of aliphatic imine (C=N–C) groups is 1. The van der Waals surface area contributed by atoms with Gasteiger partial charge in [0.1, 0.15) is 0 Å². The Morgan fingerprint density at radius 3 is 3.40 bits per heavy atom. The van der Waals surface area contributed by atoms with E-state index in [1.165, 1.54) is 0 Å². The minimum Gasteiger partial charge on any atom is -0.303 e. The van der Waals surface area contributed by atoms with Crippen LogP contribution in [0, 0.1) is 5.41 Å². The van der Waals surface area contributed by atoms with Gasteiger partial charge in [-0.3, -0.25) is 5.10 Å². The highest BCUT2D eigenvalue weighted by Crippen LogP contribution is 2.17. The molecule has 0 saturated carbocycles. The van der Waals surface area contributed by atoms with E-state index in [2.05, 4.69) is 15.2 Å². The Kier molecular flexibility index (Phi) is 0.943. The molecule has 2 heterocycles. The van der Waals surface area contributed by atoms with E-state index in [0.717, 1.165) is 11.4 Å². The molecule has 0 fully saturated rings. The van der Waals surface area contributed by atoms with Crippen molar-refractivity contribution in [2.45, 2.75) is 6.42 Å². The van der Waals surface area contributed by atoms with Crippen LogP contribution in [0.1, 0.15) is 5.56 Å². The van der Waals surface area contributed by atoms with Gasteiger partial charge < -0.3 is 5.41 Å². The number of aromatic nitrogens is 2. The standard InChI is InChI=1S/C6H6N4/c7-5-1-4-2-9-10-6(4)8-3-5/h2-3,7H,1H2,(H,9,10). The van der Waals surface area contributed by atoms with Crippen LogP contribution in [0.25, 0.3) is 0 Å². The highest BCUT2D eigenvalue weighted by atomic mass is 15.2. The fraction of sp³-hybridized carbons (Fsp3) is 0.167. The van der Waals surface area contributed by atoms with Crippen molar-refractivity contribution in [2.75, 3.05) is 0 Å². The Morgan fingerprint density at radius 1 is 1.60 bits per heavy atom. The molecule has 0 saturated heterocycles. The average molecular weight is 134 g/mol. The van der Waals surface area contributed by atoms with Gasteiger partial charge in [0.2, 0.25) is 0 Å². The molecule has 2 rings (SSSR count). The lowest BCUT2D eigenvalue weighted by Gasteiger charge is -2.01. The summed E-state index contributed by atoms with van der Waals surface area (Å²) in [4.78, 5) is 3.97. The molecule has 0 atom stereocenters. The zero-order valence-electron chi connectivity index (χ0n) is 5.26. The topological polar surface area (TPSA) is 64.9 Å². The number of nitrogens with one attached hydrogen (secondary N) is 2. The zero-order chi connectivity index (χ0) is 6.97. The third-order valence-electron chi connectivity index (χ3n) is 1.43. The Balaban J connectivity index is 2.52. The number of fused-ring (bicyclic) bond motifs is 1. The van der Waals surface area contributed by atoms with E-state index in [-0.39, 0.29) is 0 Å². The van der Waals surface area contributed by atoms with Crippen LogP contribution in [-0.2, 0) is 6.42 Å². The van der Waals surface area contributed by atoms with Crippen LogP contribution >= 0.6 is 0 Å². The van der Waals surface area contributed by atoms with Gasteiger partial charge in [0.15, 0.2) is 5.82 Å². The summed E-state index contributed by atoms with van der Waals surface area (Å²) in [5.41, 5.74) is 1.54. The number of nitrogens with zero attached hydrogens (tertiary/aromatic N) is 2. The van der Waals surface area contributed by atoms with Crippen LogP contribution in [0.15, 0.2) is 11.2 Å². The van der Waals surface area contributed by atoms with Crippen molar-refractivity contribution in [1.82, 2.24) is 10.2 Å². The van der Waals surface area contributed by atoms with E-state index in [0.29, 0.717) is 12.1 Å². The number of rotatable bonds is 0. The molecule has 1 aromatic rings. The summed E-state index contributed by atoms with van der Waals surface area (Å²) in [5, 5.41) is 13.8. The lowest BCUT2D eigenvalue weighted by atomic mass is 10.1. The van der Waals surface area contributed by atoms with Gasteiger partial charge in [-0.2, -0.15) is 5.10 Å². The summed E-state index contributed by atoms with van der Waals surface area (Å²) >= 11 is 0. The molecule has 0 bridgehead atoms. The van der Waals surface area contributed by atoms with Gasteiger partial charge in [0, 0.05) is 12.0 Å². The maximum Gasteiger partial charge on any atom is 0.151 e. The lowest BCUT2D eigenvalue weighted by molar-refractivity contribution is 1.08. The van der Waals surface area contributed by atoms with Gasteiger partial charge in [-0.25, -0.2) is 4.99 Å². The van der Waals surface area contributed by atoms with Crippen molar-refractivity contribution in [1.29, 1.82) is 5.41 Å². The van der Waals surface area contributed by atoms with Crippen LogP contribution in [0.2, 0.25) is 0 Å². The Hall–Kier alpha value is -1.45. The molecule has 4 heteroatoms. The Bertz CT molecular complexity index is 296. The van der Waals surface area contributed by atoms with Gasteiger partial charge in [-0.05, 0) is 0 Å². The van der Waals surface area contributed by atoms with E-state index in [1.54, 1.807) is 12.4 Å². The maximum atomic E-state index is 7.27. The van der Waals surface area contributed by atoms with Crippen molar-refractivity contribution >= 4 is 17.7 Å². The van der Waals surface area contributed by atoms with Crippen LogP contribution in [0.3, 0.4) is 0 Å². The SMILES string of the molecule is N=C1C=Nc2[nH]ncc2C1. The van der Waals surface area contributed by atoms with Crippen molar-refractivity contribution in [3.63, 3.8) is 0 Å². The predicted octanol–water partition coefficient (Wildman–Crippen LogP) is 0.688. The average Bonchev–Trinajstić information content (AvgIpc) is 2.33. The second kappa shape index (κ2) is 1.76. The lowest BCUT2D eigenvalue weighted by Crippen LogP contribution is -2.05. The number of H-pyrrole nitrogens is 1. The van der Waals surface area contributed by atoms with Gasteiger partial charge in [-0.15, -0.1) is 0 Å². The van der Waals surface area contributed by atoms with Crippen LogP contribution in [0.4, 0.5) is 5.82 Å². The van der Waals surface area contributed by atoms with E-state index < -0.39 is 0 Å². The first-order valence-corrected chi connectivity index (χ1v) is 3.00. The molecule has 0 aliphatic carbocycles. The summed E-state index contributed by atoms with van der Waals surface area (Å²) in [6.07, 6.45) is 3.90. The van der Waals surface area contributed by atoms with E-state index in [4.69, 9.17) is 5.41 Å². The summed E-state index contributed by atoms with van der Waals surface area (Å²) in [6, 6.07) is 0. The van der Waals surface area contributed by atoms with Crippen molar-refractivity contribution < 1.29 is 0 Å². The Labute approximate surface area is 57.5 Å². The van der Waals surface area contributed by atoms with Gasteiger partial charge >= 0.3 is 0 Å². The van der Waals surface area contributed by atoms with Crippen LogP contribution < -0.4 is 0 Å². The number of hydrogen-bond acceptors (Lipinski definition) is 3. The van der Waals surface area contributed by atoms with E-state index >= 15 is 0 Å². The second-order valence-corrected chi connectivity index (χ2v) is 2.20. The molecule has 1 aliphatic rings. The molecule has 1 aromatic heterocycles. The van der Waals surface area contributed by atoms with Gasteiger partial charge in [0.25, 0.3) is 0 Å². The smallest absolute Gasteiger partial charge is 0.151 e. The molecular formula is C6H6N4. The van der Waals surface area contributed by atoms with Gasteiger partial charge in [-0.1, -0.05) is 0 Å². The van der Waals surface area contributed by atoms with E-state index in [9.17, 15) is 0 Å². The van der Waals surface area contributed by atoms with E-state index in [1.807, 2.05) is 0 Å².